The van der Waals surface area contributed by atoms with Crippen LogP contribution in [0.15, 0.2) is 0 Å². The standard InChI is InChI=1S/C16H26O4/c1-10(2)5-6-12-15(3,20-12)14-13(18-4)11(17)7-8-16(14)9-19-16/h10,12-14H,5-9H2,1-4H3/t12-,13-,14-,15+,16+/m1/s1/i7D2. The maximum atomic E-state index is 12.4. The van der Waals surface area contributed by atoms with E-state index in [4.69, 9.17) is 17.0 Å². The zero-order valence-electron chi connectivity index (χ0n) is 14.8. The van der Waals surface area contributed by atoms with Crippen LogP contribution in [0.25, 0.3) is 0 Å². The molecule has 0 bridgehead atoms. The minimum atomic E-state index is -1.88. The van der Waals surface area contributed by atoms with Crippen LogP contribution in [-0.2, 0) is 19.0 Å². The van der Waals surface area contributed by atoms with Gasteiger partial charge in [0.1, 0.15) is 17.3 Å². The van der Waals surface area contributed by atoms with Crippen molar-refractivity contribution in [2.45, 2.75) is 69.8 Å². The predicted octanol–water partition coefficient (Wildman–Crippen LogP) is 2.34. The Morgan fingerprint density at radius 2 is 2.25 bits per heavy atom. The van der Waals surface area contributed by atoms with Gasteiger partial charge in [-0.3, -0.25) is 4.79 Å². The molecular formula is C16H26O4. The van der Waals surface area contributed by atoms with Gasteiger partial charge in [-0.25, -0.2) is 0 Å². The van der Waals surface area contributed by atoms with Crippen molar-refractivity contribution in [3.05, 3.63) is 0 Å². The number of epoxide rings is 2. The molecule has 2 heterocycles. The highest BCUT2D eigenvalue weighted by Gasteiger charge is 2.71. The van der Waals surface area contributed by atoms with Gasteiger partial charge in [-0.1, -0.05) is 13.8 Å². The molecule has 0 amide bonds. The van der Waals surface area contributed by atoms with E-state index in [2.05, 4.69) is 13.8 Å². The molecule has 5 atom stereocenters. The van der Waals surface area contributed by atoms with Crippen molar-refractivity contribution in [3.8, 4) is 0 Å². The molecule has 1 saturated carbocycles. The van der Waals surface area contributed by atoms with E-state index >= 15 is 0 Å². The lowest BCUT2D eigenvalue weighted by Crippen LogP contribution is -2.53. The number of methoxy groups -OCH3 is 1. The summed E-state index contributed by atoms with van der Waals surface area (Å²) in [5.74, 6) is -0.0844. The molecule has 20 heavy (non-hydrogen) atoms. The first kappa shape index (κ1) is 12.1. The number of carbonyl (C=O) groups excluding carboxylic acids is 1. The molecule has 2 saturated heterocycles. The molecule has 0 aromatic heterocycles. The molecule has 3 rings (SSSR count). The third-order valence-corrected chi connectivity index (χ3v) is 5.06. The summed E-state index contributed by atoms with van der Waals surface area (Å²) in [5, 5.41) is 0. The van der Waals surface area contributed by atoms with Crippen molar-refractivity contribution in [2.24, 2.45) is 11.8 Å². The van der Waals surface area contributed by atoms with E-state index in [0.717, 1.165) is 12.8 Å². The Balaban J connectivity index is 1.81. The Labute approximate surface area is 124 Å². The molecule has 0 unspecified atom stereocenters. The first-order valence-corrected chi connectivity index (χ1v) is 7.55. The number of hydrogen-bond acceptors (Lipinski definition) is 4. The van der Waals surface area contributed by atoms with Gasteiger partial charge in [-0.15, -0.1) is 0 Å². The van der Waals surface area contributed by atoms with Crippen molar-refractivity contribution in [2.75, 3.05) is 13.7 Å². The highest BCUT2D eigenvalue weighted by Crippen LogP contribution is 2.58. The molecule has 114 valence electrons. The lowest BCUT2D eigenvalue weighted by atomic mass is 9.68. The summed E-state index contributed by atoms with van der Waals surface area (Å²) in [5.41, 5.74) is -1.04. The average Bonchev–Trinajstić information content (AvgIpc) is 3.30. The molecule has 4 nitrogen and oxygen atoms in total. The number of hydrogen-bond donors (Lipinski definition) is 0. The van der Waals surface area contributed by atoms with E-state index in [1.807, 2.05) is 6.92 Å². The van der Waals surface area contributed by atoms with E-state index < -0.39 is 29.5 Å². The molecule has 1 aliphatic carbocycles. The monoisotopic (exact) mass is 284 g/mol. The van der Waals surface area contributed by atoms with E-state index in [-0.39, 0.29) is 18.4 Å². The summed E-state index contributed by atoms with van der Waals surface area (Å²) in [6, 6.07) is 0. The van der Waals surface area contributed by atoms with E-state index in [1.165, 1.54) is 7.11 Å². The molecule has 3 fully saturated rings. The van der Waals surface area contributed by atoms with Crippen molar-refractivity contribution < 1.29 is 21.7 Å². The Kier molecular flexibility index (Phi) is 2.90. The van der Waals surface area contributed by atoms with Crippen LogP contribution in [0.4, 0.5) is 0 Å². The molecule has 0 N–H and O–H groups in total. The second-order valence-electron chi connectivity index (χ2n) is 6.97. The fraction of sp³-hybridized carbons (Fsp3) is 0.938. The van der Waals surface area contributed by atoms with Gasteiger partial charge in [0.05, 0.1) is 18.6 Å². The van der Waals surface area contributed by atoms with Gasteiger partial charge in [0.25, 0.3) is 0 Å². The zero-order valence-corrected chi connectivity index (χ0v) is 12.8. The third kappa shape index (κ3) is 2.22. The second-order valence-corrected chi connectivity index (χ2v) is 6.97. The fourth-order valence-corrected chi connectivity index (χ4v) is 3.69. The normalized spacial score (nSPS) is 51.0. The molecular weight excluding hydrogens is 256 g/mol. The van der Waals surface area contributed by atoms with Crippen molar-refractivity contribution in [1.82, 2.24) is 0 Å². The van der Waals surface area contributed by atoms with Gasteiger partial charge in [-0.2, -0.15) is 0 Å². The van der Waals surface area contributed by atoms with Gasteiger partial charge in [0, 0.05) is 16.2 Å². The predicted molar refractivity (Wildman–Crippen MR) is 74.6 cm³/mol. The van der Waals surface area contributed by atoms with Crippen molar-refractivity contribution >= 4 is 5.78 Å². The number of Topliss-reactive ketones (excluding diaryl/α,β-unsaturated/α-hetero) is 1. The summed E-state index contributed by atoms with van der Waals surface area (Å²) in [6.45, 7) is 6.87. The van der Waals surface area contributed by atoms with E-state index in [1.54, 1.807) is 0 Å². The molecule has 4 heteroatoms. The van der Waals surface area contributed by atoms with Crippen LogP contribution in [0.5, 0.6) is 0 Å². The molecule has 0 aromatic rings. The summed E-state index contributed by atoms with van der Waals surface area (Å²) in [7, 11) is 1.47. The highest BCUT2D eigenvalue weighted by molar-refractivity contribution is 5.85. The topological polar surface area (TPSA) is 51.4 Å². The highest BCUT2D eigenvalue weighted by atomic mass is 16.6. The minimum absolute atomic E-state index is 0.107. The summed E-state index contributed by atoms with van der Waals surface area (Å²) < 4.78 is 33.0. The number of ketones is 1. The summed E-state index contributed by atoms with van der Waals surface area (Å²) >= 11 is 0. The maximum Gasteiger partial charge on any atom is 0.162 e. The lowest BCUT2D eigenvalue weighted by molar-refractivity contribution is -0.142. The third-order valence-electron chi connectivity index (χ3n) is 5.06. The Morgan fingerprint density at radius 1 is 1.55 bits per heavy atom. The molecule has 3 aliphatic rings. The number of ether oxygens (including phenoxy) is 3. The summed E-state index contributed by atoms with van der Waals surface area (Å²) in [4.78, 5) is 12.4. The molecule has 2 aliphatic heterocycles. The van der Waals surface area contributed by atoms with Gasteiger partial charge in [-0.05, 0) is 32.1 Å². The molecule has 1 spiro atoms. The maximum absolute atomic E-state index is 12.4. The first-order chi connectivity index (χ1) is 10.2. The minimum Gasteiger partial charge on any atom is -0.373 e. The van der Waals surface area contributed by atoms with Crippen LogP contribution < -0.4 is 0 Å². The van der Waals surface area contributed by atoms with Crippen molar-refractivity contribution in [1.29, 1.82) is 0 Å². The Hall–Kier alpha value is -0.450. The second kappa shape index (κ2) is 4.79. The van der Waals surface area contributed by atoms with Crippen molar-refractivity contribution in [3.63, 3.8) is 0 Å². The van der Waals surface area contributed by atoms with Gasteiger partial charge >= 0.3 is 0 Å². The van der Waals surface area contributed by atoms with Gasteiger partial charge < -0.3 is 14.2 Å². The number of rotatable bonds is 5. The molecule has 0 aromatic carbocycles. The van der Waals surface area contributed by atoms with Crippen LogP contribution in [-0.4, -0.2) is 42.9 Å². The van der Waals surface area contributed by atoms with Gasteiger partial charge in [0.2, 0.25) is 0 Å². The van der Waals surface area contributed by atoms with Crippen LogP contribution in [0.2, 0.25) is 0 Å². The number of carbonyl (C=O) groups is 1. The molecule has 0 radical (unpaired) electrons. The SMILES string of the molecule is [2H]C1([2H])C[C@]2(CO2)[C@@H]([C@@]2(C)O[C@@H]2CCC(C)C)[C@H](OC)C1=O. The summed E-state index contributed by atoms with van der Waals surface area (Å²) in [6.07, 6.45) is -0.424. The van der Waals surface area contributed by atoms with E-state index in [9.17, 15) is 4.79 Å². The average molecular weight is 284 g/mol. The largest absolute Gasteiger partial charge is 0.373 e. The lowest BCUT2D eigenvalue weighted by Gasteiger charge is -2.37. The first-order valence-electron chi connectivity index (χ1n) is 8.55. The van der Waals surface area contributed by atoms with Crippen LogP contribution in [0, 0.1) is 11.8 Å². The van der Waals surface area contributed by atoms with Gasteiger partial charge in [0.15, 0.2) is 5.78 Å². The quantitative estimate of drug-likeness (QED) is 0.727. The fourth-order valence-electron chi connectivity index (χ4n) is 3.69. The van der Waals surface area contributed by atoms with E-state index in [0.29, 0.717) is 12.5 Å². The zero-order chi connectivity index (χ0) is 16.3. The van der Waals surface area contributed by atoms with Crippen LogP contribution in [0.1, 0.15) is 49.1 Å². The Bertz CT molecular complexity index is 475. The van der Waals surface area contributed by atoms with Crippen LogP contribution in [0.3, 0.4) is 0 Å². The van der Waals surface area contributed by atoms with Crippen LogP contribution >= 0.6 is 0 Å². The Morgan fingerprint density at radius 3 is 2.80 bits per heavy atom. The smallest absolute Gasteiger partial charge is 0.162 e.